The van der Waals surface area contributed by atoms with Gasteiger partial charge in [-0.3, -0.25) is 10.1 Å². The summed E-state index contributed by atoms with van der Waals surface area (Å²) in [6.45, 7) is 0. The number of anilines is 1. The van der Waals surface area contributed by atoms with Gasteiger partial charge in [-0.2, -0.15) is 0 Å². The van der Waals surface area contributed by atoms with E-state index in [0.29, 0.717) is 32.6 Å². The molecule has 0 spiro atoms. The zero-order valence-corrected chi connectivity index (χ0v) is 13.6. The summed E-state index contributed by atoms with van der Waals surface area (Å²) in [6, 6.07) is 11.8. The Kier molecular flexibility index (Phi) is 4.42. The van der Waals surface area contributed by atoms with E-state index in [9.17, 15) is 9.59 Å². The summed E-state index contributed by atoms with van der Waals surface area (Å²) in [5.74, 6) is -0.594. The number of hydrogen-bond acceptors (Lipinski definition) is 3. The molecule has 1 heterocycles. The Hall–Kier alpha value is -2.57. The molecule has 1 aliphatic heterocycles. The smallest absolute Gasteiger partial charge is 0.406 e. The number of hydrogen-bond donors (Lipinski definition) is 3. The van der Waals surface area contributed by atoms with Crippen LogP contribution in [0.3, 0.4) is 0 Å². The molecule has 8 heteroatoms. The molecule has 122 valence electrons. The normalized spacial score (nSPS) is 16.5. The summed E-state index contributed by atoms with van der Waals surface area (Å²) in [5, 5.41) is 14.5. The van der Waals surface area contributed by atoms with Crippen molar-refractivity contribution in [3.63, 3.8) is 0 Å². The van der Waals surface area contributed by atoms with Crippen LogP contribution in [0.1, 0.15) is 11.1 Å². The molecule has 3 rings (SSSR count). The Morgan fingerprint density at radius 3 is 2.62 bits per heavy atom. The van der Waals surface area contributed by atoms with E-state index < -0.39 is 18.2 Å². The van der Waals surface area contributed by atoms with Crippen molar-refractivity contribution in [1.29, 1.82) is 0 Å². The largest absolute Gasteiger partial charge is 0.465 e. The molecule has 0 aliphatic carbocycles. The second-order valence-corrected chi connectivity index (χ2v) is 5.83. The second-order valence-electron chi connectivity index (χ2n) is 4.99. The van der Waals surface area contributed by atoms with Crippen molar-refractivity contribution in [2.45, 2.75) is 6.17 Å². The molecular formula is C16H11Cl2N3O3. The Balaban J connectivity index is 2.23. The number of halogens is 2. The highest BCUT2D eigenvalue weighted by atomic mass is 35.5. The van der Waals surface area contributed by atoms with E-state index in [0.717, 1.165) is 0 Å². The molecule has 0 saturated heterocycles. The van der Waals surface area contributed by atoms with Crippen LogP contribution in [0.4, 0.5) is 10.5 Å². The fourth-order valence-electron chi connectivity index (χ4n) is 2.36. The van der Waals surface area contributed by atoms with E-state index in [1.165, 1.54) is 0 Å². The van der Waals surface area contributed by atoms with Gasteiger partial charge in [0.05, 0.1) is 11.4 Å². The number of rotatable bonds is 2. The van der Waals surface area contributed by atoms with Crippen LogP contribution in [0.5, 0.6) is 0 Å². The van der Waals surface area contributed by atoms with Gasteiger partial charge in [0, 0.05) is 21.2 Å². The quantitative estimate of drug-likeness (QED) is 0.763. The lowest BCUT2D eigenvalue weighted by atomic mass is 10.0. The van der Waals surface area contributed by atoms with Crippen LogP contribution in [-0.4, -0.2) is 29.0 Å². The van der Waals surface area contributed by atoms with Crippen molar-refractivity contribution in [2.24, 2.45) is 4.99 Å². The van der Waals surface area contributed by atoms with Gasteiger partial charge in [0.1, 0.15) is 0 Å². The highest BCUT2D eigenvalue weighted by molar-refractivity contribution is 6.37. The second kappa shape index (κ2) is 6.51. The summed E-state index contributed by atoms with van der Waals surface area (Å²) < 4.78 is 0. The molecule has 0 aromatic heterocycles. The minimum atomic E-state index is -1.36. The number of benzene rings is 2. The molecule has 6 nitrogen and oxygen atoms in total. The average Bonchev–Trinajstić information content (AvgIpc) is 2.65. The first kappa shape index (κ1) is 16.3. The average molecular weight is 364 g/mol. The fourth-order valence-corrected chi connectivity index (χ4v) is 2.76. The van der Waals surface area contributed by atoms with Crippen molar-refractivity contribution < 1.29 is 14.7 Å². The minimum Gasteiger partial charge on any atom is -0.465 e. The van der Waals surface area contributed by atoms with Gasteiger partial charge in [-0.05, 0) is 24.3 Å². The van der Waals surface area contributed by atoms with E-state index in [2.05, 4.69) is 15.6 Å². The van der Waals surface area contributed by atoms with E-state index >= 15 is 0 Å². The maximum absolute atomic E-state index is 12.2. The van der Waals surface area contributed by atoms with Gasteiger partial charge in [-0.1, -0.05) is 41.4 Å². The van der Waals surface area contributed by atoms with Crippen LogP contribution < -0.4 is 10.6 Å². The van der Waals surface area contributed by atoms with Crippen LogP contribution >= 0.6 is 23.2 Å². The minimum absolute atomic E-state index is 0.371. The third kappa shape index (κ3) is 3.20. The maximum atomic E-state index is 12.2. The maximum Gasteiger partial charge on any atom is 0.406 e. The number of fused-ring (bicyclic) bond motifs is 1. The molecule has 24 heavy (non-hydrogen) atoms. The van der Waals surface area contributed by atoms with Crippen molar-refractivity contribution in [2.75, 3.05) is 5.32 Å². The van der Waals surface area contributed by atoms with Crippen LogP contribution in [0.25, 0.3) is 0 Å². The number of nitrogens with one attached hydrogen (secondary N) is 2. The zero-order valence-electron chi connectivity index (χ0n) is 12.1. The van der Waals surface area contributed by atoms with Gasteiger partial charge in [0.2, 0.25) is 6.17 Å². The van der Waals surface area contributed by atoms with Gasteiger partial charge in [-0.15, -0.1) is 0 Å². The summed E-state index contributed by atoms with van der Waals surface area (Å²) in [6.07, 6.45) is -2.67. The van der Waals surface area contributed by atoms with Crippen molar-refractivity contribution >= 4 is 46.6 Å². The summed E-state index contributed by atoms with van der Waals surface area (Å²) in [4.78, 5) is 27.5. The molecule has 0 bridgehead atoms. The Morgan fingerprint density at radius 1 is 1.17 bits per heavy atom. The highest BCUT2D eigenvalue weighted by Gasteiger charge is 2.27. The van der Waals surface area contributed by atoms with Crippen molar-refractivity contribution in [1.82, 2.24) is 5.32 Å². The highest BCUT2D eigenvalue weighted by Crippen LogP contribution is 2.29. The predicted molar refractivity (Wildman–Crippen MR) is 92.1 cm³/mol. The molecule has 2 aromatic rings. The number of benzodiazepines with no additional fused rings is 1. The van der Waals surface area contributed by atoms with E-state index in [1.807, 2.05) is 0 Å². The van der Waals surface area contributed by atoms with Crippen LogP contribution in [-0.2, 0) is 4.79 Å². The summed E-state index contributed by atoms with van der Waals surface area (Å²) >= 11 is 12.3. The van der Waals surface area contributed by atoms with E-state index in [4.69, 9.17) is 28.3 Å². The molecule has 1 unspecified atom stereocenters. The third-order valence-corrected chi connectivity index (χ3v) is 3.96. The topological polar surface area (TPSA) is 90.8 Å². The molecule has 1 aliphatic rings. The van der Waals surface area contributed by atoms with Gasteiger partial charge >= 0.3 is 6.09 Å². The number of aliphatic imine (C=N–C) groups is 1. The van der Waals surface area contributed by atoms with Gasteiger partial charge in [-0.25, -0.2) is 9.79 Å². The SMILES string of the molecule is O=C(O)NC1N=C(c2ccccc2Cl)c2cc(Cl)ccc2NC1=O. The Bertz CT molecular complexity index is 867. The number of carbonyl (C=O) groups is 2. The molecular weight excluding hydrogens is 353 g/mol. The molecule has 1 atom stereocenters. The van der Waals surface area contributed by atoms with Crippen molar-refractivity contribution in [3.8, 4) is 0 Å². The number of nitrogens with zero attached hydrogens (tertiary/aromatic N) is 1. The summed E-state index contributed by atoms with van der Waals surface area (Å²) in [7, 11) is 0. The van der Waals surface area contributed by atoms with Gasteiger partial charge < -0.3 is 10.4 Å². The van der Waals surface area contributed by atoms with E-state index in [1.54, 1.807) is 42.5 Å². The fraction of sp³-hybridized carbons (Fsp3) is 0.0625. The third-order valence-electron chi connectivity index (χ3n) is 3.39. The molecule has 0 fully saturated rings. The molecule has 0 radical (unpaired) electrons. The zero-order chi connectivity index (χ0) is 17.3. The lowest BCUT2D eigenvalue weighted by Crippen LogP contribution is -2.41. The van der Waals surface area contributed by atoms with E-state index in [-0.39, 0.29) is 0 Å². The Morgan fingerprint density at radius 2 is 1.92 bits per heavy atom. The van der Waals surface area contributed by atoms with Crippen LogP contribution in [0.15, 0.2) is 47.5 Å². The van der Waals surface area contributed by atoms with Crippen LogP contribution in [0.2, 0.25) is 10.0 Å². The first-order valence-corrected chi connectivity index (χ1v) is 7.64. The monoisotopic (exact) mass is 363 g/mol. The predicted octanol–water partition coefficient (Wildman–Crippen LogP) is 3.38. The molecule has 0 saturated carbocycles. The first-order chi connectivity index (χ1) is 11.5. The first-order valence-electron chi connectivity index (χ1n) is 6.88. The van der Waals surface area contributed by atoms with Gasteiger partial charge in [0.15, 0.2) is 0 Å². The lowest BCUT2D eigenvalue weighted by molar-refractivity contribution is -0.117. The Labute approximate surface area is 147 Å². The van der Waals surface area contributed by atoms with Crippen molar-refractivity contribution in [3.05, 3.63) is 63.6 Å². The number of carboxylic acid groups (broad SMARTS) is 1. The standard InChI is InChI=1S/C16H11Cl2N3O3/c17-8-5-6-12-10(7-8)13(9-3-1-2-4-11(9)18)20-14(15(22)19-12)21-16(23)24/h1-7,14,21H,(H,19,22)(H,23,24). The van der Waals surface area contributed by atoms with Gasteiger partial charge in [0.25, 0.3) is 5.91 Å². The molecule has 2 aromatic carbocycles. The number of carbonyl (C=O) groups excluding carboxylic acids is 1. The number of amides is 2. The lowest BCUT2D eigenvalue weighted by Gasteiger charge is -2.11. The van der Waals surface area contributed by atoms with Crippen LogP contribution in [0, 0.1) is 0 Å². The molecule has 3 N–H and O–H groups in total. The summed E-state index contributed by atoms with van der Waals surface area (Å²) in [5.41, 5.74) is 1.96. The molecule has 2 amide bonds.